The van der Waals surface area contributed by atoms with Gasteiger partial charge in [0.05, 0.1) is 19.8 Å². The van der Waals surface area contributed by atoms with Gasteiger partial charge in [-0.25, -0.2) is 0 Å². The highest BCUT2D eigenvalue weighted by atomic mass is 16.5. The summed E-state index contributed by atoms with van der Waals surface area (Å²) in [5, 5.41) is 2.90. The molecule has 0 saturated carbocycles. The number of nitrogens with one attached hydrogen (secondary N) is 1. The number of anilines is 2. The second-order valence-electron chi connectivity index (χ2n) is 8.61. The van der Waals surface area contributed by atoms with Crippen LogP contribution in [0.4, 0.5) is 11.4 Å². The fraction of sp³-hybridized carbons (Fsp3) is 0.682. The van der Waals surface area contributed by atoms with E-state index in [1.54, 1.807) is 6.92 Å². The smallest absolute Gasteiger partial charge is 0.221 e. The molecule has 1 aromatic rings. The normalized spacial score (nSPS) is 18.5. The molecule has 0 aromatic heterocycles. The first-order valence-electron chi connectivity index (χ1n) is 10.1. The van der Waals surface area contributed by atoms with Gasteiger partial charge in [0, 0.05) is 37.0 Å². The van der Waals surface area contributed by atoms with Gasteiger partial charge < -0.3 is 19.7 Å². The van der Waals surface area contributed by atoms with Crippen LogP contribution in [-0.2, 0) is 14.3 Å². The first kappa shape index (κ1) is 21.7. The van der Waals surface area contributed by atoms with Crippen LogP contribution in [0.15, 0.2) is 18.2 Å². The standard InChI is InChI=1S/C22H36N2O3/c1-16(2)15-27-12-11-26-10-9-24-21-13-19(23-18(4)25)7-8-20(21)17(3)14-22(24,5)6/h7-8,13,16-17H,9-12,14-15H2,1-6H3,(H,23,25). The van der Waals surface area contributed by atoms with E-state index in [9.17, 15) is 4.79 Å². The molecule has 0 bridgehead atoms. The summed E-state index contributed by atoms with van der Waals surface area (Å²) in [5.74, 6) is 0.993. The molecule has 1 amide bonds. The van der Waals surface area contributed by atoms with E-state index in [-0.39, 0.29) is 11.4 Å². The van der Waals surface area contributed by atoms with Crippen LogP contribution in [0.5, 0.6) is 0 Å². The first-order valence-corrected chi connectivity index (χ1v) is 10.1. The molecule has 0 aliphatic carbocycles. The third-order valence-corrected chi connectivity index (χ3v) is 4.99. The molecule has 1 unspecified atom stereocenters. The Bertz CT molecular complexity index is 628. The van der Waals surface area contributed by atoms with E-state index in [2.05, 4.69) is 57.0 Å². The van der Waals surface area contributed by atoms with E-state index >= 15 is 0 Å². The topological polar surface area (TPSA) is 50.8 Å². The van der Waals surface area contributed by atoms with Crippen molar-refractivity contribution >= 4 is 17.3 Å². The number of ether oxygens (including phenoxy) is 2. The third-order valence-electron chi connectivity index (χ3n) is 4.99. The summed E-state index contributed by atoms with van der Waals surface area (Å²) in [6.45, 7) is 16.2. The van der Waals surface area contributed by atoms with E-state index in [0.29, 0.717) is 31.7 Å². The van der Waals surface area contributed by atoms with Crippen molar-refractivity contribution in [3.8, 4) is 0 Å². The number of benzene rings is 1. The van der Waals surface area contributed by atoms with Gasteiger partial charge in [-0.05, 0) is 49.8 Å². The molecule has 1 aromatic carbocycles. The van der Waals surface area contributed by atoms with Gasteiger partial charge in [0.1, 0.15) is 0 Å². The molecule has 1 atom stereocenters. The summed E-state index contributed by atoms with van der Waals surface area (Å²) in [6.07, 6.45) is 1.09. The Morgan fingerprint density at radius 3 is 2.63 bits per heavy atom. The molecular formula is C22H36N2O3. The Morgan fingerprint density at radius 1 is 1.26 bits per heavy atom. The number of fused-ring (bicyclic) bond motifs is 1. The molecule has 0 radical (unpaired) electrons. The highest BCUT2D eigenvalue weighted by Crippen LogP contribution is 2.44. The number of rotatable bonds is 9. The zero-order valence-corrected chi connectivity index (χ0v) is 17.8. The van der Waals surface area contributed by atoms with Crippen molar-refractivity contribution in [3.05, 3.63) is 23.8 Å². The van der Waals surface area contributed by atoms with Crippen LogP contribution in [-0.4, -0.2) is 44.4 Å². The third kappa shape index (κ3) is 6.22. The first-order chi connectivity index (χ1) is 12.7. The van der Waals surface area contributed by atoms with Crippen molar-refractivity contribution in [2.24, 2.45) is 5.92 Å². The van der Waals surface area contributed by atoms with Gasteiger partial charge in [0.2, 0.25) is 5.91 Å². The average Bonchev–Trinajstić information content (AvgIpc) is 2.54. The SMILES string of the molecule is CC(=O)Nc1ccc2c(c1)N(CCOCCOCC(C)C)C(C)(C)CC2C. The summed E-state index contributed by atoms with van der Waals surface area (Å²) < 4.78 is 11.4. The highest BCUT2D eigenvalue weighted by molar-refractivity contribution is 5.89. The minimum absolute atomic E-state index is 0.0404. The van der Waals surface area contributed by atoms with Crippen LogP contribution in [0.3, 0.4) is 0 Å². The summed E-state index contributed by atoms with van der Waals surface area (Å²) >= 11 is 0. The molecule has 0 saturated heterocycles. The van der Waals surface area contributed by atoms with Crippen LogP contribution >= 0.6 is 0 Å². The quantitative estimate of drug-likeness (QED) is 0.648. The number of hydrogen-bond donors (Lipinski definition) is 1. The Morgan fingerprint density at radius 2 is 1.96 bits per heavy atom. The van der Waals surface area contributed by atoms with Crippen LogP contribution < -0.4 is 10.2 Å². The number of hydrogen-bond acceptors (Lipinski definition) is 4. The molecule has 1 aliphatic heterocycles. The highest BCUT2D eigenvalue weighted by Gasteiger charge is 2.36. The van der Waals surface area contributed by atoms with E-state index in [1.807, 2.05) is 6.07 Å². The molecular weight excluding hydrogens is 340 g/mol. The minimum Gasteiger partial charge on any atom is -0.379 e. The van der Waals surface area contributed by atoms with Gasteiger partial charge in [-0.3, -0.25) is 4.79 Å². The summed E-state index contributed by atoms with van der Waals surface area (Å²) in [4.78, 5) is 13.9. The largest absolute Gasteiger partial charge is 0.379 e. The second-order valence-corrected chi connectivity index (χ2v) is 8.61. The van der Waals surface area contributed by atoms with E-state index < -0.39 is 0 Å². The lowest BCUT2D eigenvalue weighted by atomic mass is 9.80. The maximum atomic E-state index is 11.4. The maximum Gasteiger partial charge on any atom is 0.221 e. The summed E-state index contributed by atoms with van der Waals surface area (Å²) in [6, 6.07) is 6.24. The van der Waals surface area contributed by atoms with Crippen LogP contribution in [0, 0.1) is 5.92 Å². The molecule has 1 aliphatic rings. The van der Waals surface area contributed by atoms with E-state index in [0.717, 1.165) is 25.3 Å². The van der Waals surface area contributed by atoms with Gasteiger partial charge in [-0.15, -0.1) is 0 Å². The van der Waals surface area contributed by atoms with Gasteiger partial charge in [-0.1, -0.05) is 26.8 Å². The Labute approximate surface area is 164 Å². The predicted molar refractivity (Wildman–Crippen MR) is 112 cm³/mol. The minimum atomic E-state index is -0.0469. The number of nitrogens with zero attached hydrogens (tertiary/aromatic N) is 1. The van der Waals surface area contributed by atoms with Crippen molar-refractivity contribution in [3.63, 3.8) is 0 Å². The molecule has 2 rings (SSSR count). The summed E-state index contributed by atoms with van der Waals surface area (Å²) in [7, 11) is 0. The van der Waals surface area contributed by atoms with Crippen molar-refractivity contribution in [1.29, 1.82) is 0 Å². The van der Waals surface area contributed by atoms with Crippen LogP contribution in [0.25, 0.3) is 0 Å². The van der Waals surface area contributed by atoms with Gasteiger partial charge in [-0.2, -0.15) is 0 Å². The van der Waals surface area contributed by atoms with Crippen LogP contribution in [0.1, 0.15) is 59.4 Å². The van der Waals surface area contributed by atoms with Gasteiger partial charge in [0.25, 0.3) is 0 Å². The number of carbonyl (C=O) groups is 1. The van der Waals surface area contributed by atoms with Crippen molar-refractivity contribution in [1.82, 2.24) is 0 Å². The molecule has 152 valence electrons. The molecule has 5 heteroatoms. The van der Waals surface area contributed by atoms with Crippen molar-refractivity contribution < 1.29 is 14.3 Å². The zero-order valence-electron chi connectivity index (χ0n) is 17.8. The molecule has 1 heterocycles. The fourth-order valence-electron chi connectivity index (χ4n) is 3.89. The van der Waals surface area contributed by atoms with Crippen molar-refractivity contribution in [2.75, 3.05) is 43.2 Å². The van der Waals surface area contributed by atoms with E-state index in [1.165, 1.54) is 11.3 Å². The Hall–Kier alpha value is -1.59. The summed E-state index contributed by atoms with van der Waals surface area (Å²) in [5.41, 5.74) is 3.42. The molecule has 27 heavy (non-hydrogen) atoms. The lowest BCUT2D eigenvalue weighted by Crippen LogP contribution is -2.49. The van der Waals surface area contributed by atoms with Crippen molar-refractivity contribution in [2.45, 2.75) is 59.4 Å². The Kier molecular flexibility index (Phi) is 7.68. The zero-order chi connectivity index (χ0) is 20.0. The molecule has 1 N–H and O–H groups in total. The lowest BCUT2D eigenvalue weighted by Gasteiger charge is -2.47. The fourth-order valence-corrected chi connectivity index (χ4v) is 3.89. The molecule has 0 spiro atoms. The molecule has 5 nitrogen and oxygen atoms in total. The molecule has 0 fully saturated rings. The van der Waals surface area contributed by atoms with Gasteiger partial charge in [0.15, 0.2) is 0 Å². The Balaban J connectivity index is 2.01. The average molecular weight is 377 g/mol. The number of carbonyl (C=O) groups excluding carboxylic acids is 1. The van der Waals surface area contributed by atoms with Gasteiger partial charge >= 0.3 is 0 Å². The van der Waals surface area contributed by atoms with E-state index in [4.69, 9.17) is 9.47 Å². The lowest BCUT2D eigenvalue weighted by molar-refractivity contribution is -0.114. The predicted octanol–water partition coefficient (Wildman–Crippen LogP) is 4.43. The monoisotopic (exact) mass is 376 g/mol. The maximum absolute atomic E-state index is 11.4. The number of amides is 1. The van der Waals surface area contributed by atoms with Crippen LogP contribution in [0.2, 0.25) is 0 Å². The second kappa shape index (κ2) is 9.56.